The second-order valence-corrected chi connectivity index (χ2v) is 5.67. The number of nitrogens with zero attached hydrogens (tertiary/aromatic N) is 3. The zero-order chi connectivity index (χ0) is 14.5. The Morgan fingerprint density at radius 1 is 1.45 bits per heavy atom. The number of aryl methyl sites for hydroxylation is 1. The highest BCUT2D eigenvalue weighted by molar-refractivity contribution is 5.77. The number of hydrogen-bond acceptors (Lipinski definition) is 4. The largest absolute Gasteiger partial charge is 0.362 e. The van der Waals surface area contributed by atoms with Crippen molar-refractivity contribution in [3.05, 3.63) is 11.4 Å². The maximum Gasteiger partial charge on any atom is 0.246 e. The quantitative estimate of drug-likeness (QED) is 0.907. The van der Waals surface area contributed by atoms with Gasteiger partial charge in [-0.15, -0.1) is 5.10 Å². The Morgan fingerprint density at radius 2 is 2.25 bits per heavy atom. The van der Waals surface area contributed by atoms with E-state index in [2.05, 4.69) is 15.6 Å². The van der Waals surface area contributed by atoms with E-state index in [1.165, 1.54) is 6.42 Å². The molecule has 1 aromatic heterocycles. The summed E-state index contributed by atoms with van der Waals surface area (Å²) in [6.07, 6.45) is 5.22. The molecule has 1 amide bonds. The molecule has 1 unspecified atom stereocenters. The molecule has 2 rings (SSSR count). The molecule has 0 fully saturated rings. The third kappa shape index (κ3) is 3.79. The number of hydrogen-bond donors (Lipinski definition) is 1. The molecule has 1 N–H and O–H groups in total. The Balaban J connectivity index is 2.01. The van der Waals surface area contributed by atoms with Gasteiger partial charge in [-0.3, -0.25) is 9.48 Å². The molecule has 6 nitrogen and oxygen atoms in total. The van der Waals surface area contributed by atoms with Gasteiger partial charge in [-0.25, -0.2) is 0 Å². The molecule has 0 bridgehead atoms. The molecule has 6 heteroatoms. The standard InChI is InChI=1S/C14H24N4O2/c1-10(2)15-13(19)9-20-12-8-6-4-5-7-11-14(12)16-17-18(11)3/h10,12H,4-9H2,1-3H3,(H,15,19). The SMILES string of the molecule is CC(C)NC(=O)COC1CCCCCc2c1nnn2C. The molecule has 112 valence electrons. The van der Waals surface area contributed by atoms with Crippen molar-refractivity contribution in [2.24, 2.45) is 7.05 Å². The Labute approximate surface area is 119 Å². The summed E-state index contributed by atoms with van der Waals surface area (Å²) < 4.78 is 7.62. The molecule has 1 aliphatic carbocycles. The first-order valence-corrected chi connectivity index (χ1v) is 7.37. The van der Waals surface area contributed by atoms with Gasteiger partial charge in [0.1, 0.15) is 18.4 Å². The van der Waals surface area contributed by atoms with Crippen molar-refractivity contribution in [1.29, 1.82) is 0 Å². The zero-order valence-electron chi connectivity index (χ0n) is 12.6. The molecule has 1 atom stereocenters. The van der Waals surface area contributed by atoms with Gasteiger partial charge < -0.3 is 10.1 Å². The van der Waals surface area contributed by atoms with Crippen LogP contribution in [0.15, 0.2) is 0 Å². The van der Waals surface area contributed by atoms with Crippen LogP contribution in [0, 0.1) is 0 Å². The molecule has 0 aromatic carbocycles. The van der Waals surface area contributed by atoms with Crippen LogP contribution in [0.3, 0.4) is 0 Å². The van der Waals surface area contributed by atoms with Crippen molar-refractivity contribution in [3.63, 3.8) is 0 Å². The van der Waals surface area contributed by atoms with Crippen molar-refractivity contribution in [2.75, 3.05) is 6.61 Å². The monoisotopic (exact) mass is 280 g/mol. The summed E-state index contributed by atoms with van der Waals surface area (Å²) in [6.45, 7) is 3.96. The van der Waals surface area contributed by atoms with Crippen molar-refractivity contribution in [3.8, 4) is 0 Å². The highest BCUT2D eigenvalue weighted by Crippen LogP contribution is 2.28. The summed E-state index contributed by atoms with van der Waals surface area (Å²) in [6, 6.07) is 0.135. The van der Waals surface area contributed by atoms with E-state index in [0.717, 1.165) is 37.1 Å². The maximum atomic E-state index is 11.7. The third-order valence-corrected chi connectivity index (χ3v) is 3.52. The van der Waals surface area contributed by atoms with Gasteiger partial charge in [-0.1, -0.05) is 18.1 Å². The van der Waals surface area contributed by atoms with Crippen LogP contribution in [0.25, 0.3) is 0 Å². The van der Waals surface area contributed by atoms with E-state index >= 15 is 0 Å². The number of rotatable bonds is 4. The summed E-state index contributed by atoms with van der Waals surface area (Å²) in [5.74, 6) is -0.0764. The number of amides is 1. The number of carbonyl (C=O) groups excluding carboxylic acids is 1. The predicted octanol–water partition coefficient (Wildman–Crippen LogP) is 1.51. The van der Waals surface area contributed by atoms with E-state index in [9.17, 15) is 4.79 Å². The van der Waals surface area contributed by atoms with Crippen LogP contribution >= 0.6 is 0 Å². The van der Waals surface area contributed by atoms with E-state index in [1.54, 1.807) is 0 Å². The second-order valence-electron chi connectivity index (χ2n) is 5.67. The predicted molar refractivity (Wildman–Crippen MR) is 75.1 cm³/mol. The first-order chi connectivity index (χ1) is 9.58. The van der Waals surface area contributed by atoms with Crippen LogP contribution in [-0.4, -0.2) is 33.5 Å². The average molecular weight is 280 g/mol. The van der Waals surface area contributed by atoms with Gasteiger partial charge >= 0.3 is 0 Å². The molecule has 0 saturated heterocycles. The Bertz CT molecular complexity index is 456. The van der Waals surface area contributed by atoms with Crippen LogP contribution in [0.2, 0.25) is 0 Å². The summed E-state index contributed by atoms with van der Waals surface area (Å²) in [7, 11) is 1.91. The maximum absolute atomic E-state index is 11.7. The zero-order valence-corrected chi connectivity index (χ0v) is 12.6. The average Bonchev–Trinajstić information content (AvgIpc) is 2.69. The smallest absolute Gasteiger partial charge is 0.246 e. The van der Waals surface area contributed by atoms with Gasteiger partial charge in [-0.2, -0.15) is 0 Å². The Morgan fingerprint density at radius 3 is 3.00 bits per heavy atom. The summed E-state index contributed by atoms with van der Waals surface area (Å²) in [5, 5.41) is 11.2. The second kappa shape index (κ2) is 6.83. The summed E-state index contributed by atoms with van der Waals surface area (Å²) in [4.78, 5) is 11.7. The molecule has 20 heavy (non-hydrogen) atoms. The van der Waals surface area contributed by atoms with E-state index in [-0.39, 0.29) is 24.7 Å². The van der Waals surface area contributed by atoms with Crippen LogP contribution < -0.4 is 5.32 Å². The lowest BCUT2D eigenvalue weighted by atomic mass is 9.99. The van der Waals surface area contributed by atoms with Crippen LogP contribution in [0.1, 0.15) is 57.0 Å². The number of aromatic nitrogens is 3. The molecular weight excluding hydrogens is 256 g/mol. The fourth-order valence-corrected chi connectivity index (χ4v) is 2.57. The normalized spacial score (nSPS) is 19.3. The minimum atomic E-state index is -0.114. The first kappa shape index (κ1) is 15.0. The van der Waals surface area contributed by atoms with E-state index < -0.39 is 0 Å². The highest BCUT2D eigenvalue weighted by atomic mass is 16.5. The lowest BCUT2D eigenvalue weighted by Crippen LogP contribution is -2.33. The molecule has 1 aliphatic rings. The number of ether oxygens (including phenoxy) is 1. The molecule has 0 spiro atoms. The summed E-state index contributed by atoms with van der Waals surface area (Å²) >= 11 is 0. The van der Waals surface area contributed by atoms with E-state index in [4.69, 9.17) is 4.74 Å². The minimum absolute atomic E-state index is 0.0764. The number of fused-ring (bicyclic) bond motifs is 1. The fraction of sp³-hybridized carbons (Fsp3) is 0.786. The molecular formula is C14H24N4O2. The van der Waals surface area contributed by atoms with Crippen LogP contribution in [0.5, 0.6) is 0 Å². The molecule has 0 radical (unpaired) electrons. The summed E-state index contributed by atoms with van der Waals surface area (Å²) in [5.41, 5.74) is 2.04. The van der Waals surface area contributed by atoms with Gasteiger partial charge in [0, 0.05) is 13.1 Å². The van der Waals surface area contributed by atoms with Gasteiger partial charge in [0.25, 0.3) is 0 Å². The molecule has 0 saturated carbocycles. The van der Waals surface area contributed by atoms with Crippen molar-refractivity contribution < 1.29 is 9.53 Å². The third-order valence-electron chi connectivity index (χ3n) is 3.52. The Kier molecular flexibility index (Phi) is 5.11. The fourth-order valence-electron chi connectivity index (χ4n) is 2.57. The van der Waals surface area contributed by atoms with E-state index in [1.807, 2.05) is 25.6 Å². The number of carbonyl (C=O) groups is 1. The molecule has 1 heterocycles. The lowest BCUT2D eigenvalue weighted by molar-refractivity contribution is -0.128. The topological polar surface area (TPSA) is 69.0 Å². The van der Waals surface area contributed by atoms with Crippen molar-refractivity contribution in [1.82, 2.24) is 20.3 Å². The minimum Gasteiger partial charge on any atom is -0.362 e. The van der Waals surface area contributed by atoms with Gasteiger partial charge in [-0.05, 0) is 33.1 Å². The lowest BCUT2D eigenvalue weighted by Gasteiger charge is -2.20. The van der Waals surface area contributed by atoms with E-state index in [0.29, 0.717) is 0 Å². The molecule has 0 aliphatic heterocycles. The van der Waals surface area contributed by atoms with Gasteiger partial charge in [0.05, 0.1) is 5.69 Å². The Hall–Kier alpha value is -1.43. The van der Waals surface area contributed by atoms with Gasteiger partial charge in [0.15, 0.2) is 0 Å². The van der Waals surface area contributed by atoms with Crippen molar-refractivity contribution >= 4 is 5.91 Å². The van der Waals surface area contributed by atoms with Crippen LogP contribution in [-0.2, 0) is 23.0 Å². The highest BCUT2D eigenvalue weighted by Gasteiger charge is 2.24. The number of nitrogens with one attached hydrogen (secondary N) is 1. The van der Waals surface area contributed by atoms with Crippen molar-refractivity contribution in [2.45, 2.75) is 58.1 Å². The molecule has 1 aromatic rings. The van der Waals surface area contributed by atoms with Crippen LogP contribution in [0.4, 0.5) is 0 Å². The first-order valence-electron chi connectivity index (χ1n) is 7.37. The van der Waals surface area contributed by atoms with Gasteiger partial charge in [0.2, 0.25) is 5.91 Å².